The number of hydrogen-bond donors (Lipinski definition) is 2. The van der Waals surface area contributed by atoms with E-state index in [1.807, 2.05) is 30.3 Å². The van der Waals surface area contributed by atoms with Crippen LogP contribution in [-0.4, -0.2) is 16.3 Å². The average molecular weight is 214 g/mol. The van der Waals surface area contributed by atoms with E-state index >= 15 is 0 Å². The van der Waals surface area contributed by atoms with Gasteiger partial charge in [-0.05, 0) is 5.56 Å². The van der Waals surface area contributed by atoms with Gasteiger partial charge in [-0.15, -0.1) is 0 Å². The molecule has 0 saturated heterocycles. The van der Waals surface area contributed by atoms with Crippen molar-refractivity contribution in [2.45, 2.75) is 0 Å². The van der Waals surface area contributed by atoms with Crippen molar-refractivity contribution in [2.75, 3.05) is 11.5 Å². The number of aromatic nitrogens is 2. The molecule has 0 saturated carbocycles. The summed E-state index contributed by atoms with van der Waals surface area (Å²) in [5, 5.41) is 0. The SMILES string of the molecule is Nc1nc(N)c(-c2ccccc2)c(C=O)n1. The Hall–Kier alpha value is -2.43. The van der Waals surface area contributed by atoms with E-state index in [9.17, 15) is 4.79 Å². The second kappa shape index (κ2) is 3.98. The van der Waals surface area contributed by atoms with E-state index < -0.39 is 0 Å². The van der Waals surface area contributed by atoms with Crippen molar-refractivity contribution in [2.24, 2.45) is 0 Å². The fourth-order valence-corrected chi connectivity index (χ4v) is 1.50. The van der Waals surface area contributed by atoms with E-state index in [0.717, 1.165) is 5.56 Å². The number of benzene rings is 1. The lowest BCUT2D eigenvalue weighted by molar-refractivity contribution is 0.111. The summed E-state index contributed by atoms with van der Waals surface area (Å²) in [4.78, 5) is 18.6. The van der Waals surface area contributed by atoms with E-state index in [-0.39, 0.29) is 17.5 Å². The second-order valence-electron chi connectivity index (χ2n) is 3.21. The molecule has 0 bridgehead atoms. The first-order valence-electron chi connectivity index (χ1n) is 4.66. The minimum absolute atomic E-state index is 0.000666. The van der Waals surface area contributed by atoms with E-state index in [1.165, 1.54) is 0 Å². The van der Waals surface area contributed by atoms with Gasteiger partial charge in [-0.3, -0.25) is 4.79 Å². The van der Waals surface area contributed by atoms with Crippen molar-refractivity contribution in [3.05, 3.63) is 36.0 Å². The summed E-state index contributed by atoms with van der Waals surface area (Å²) in [6.45, 7) is 0. The van der Waals surface area contributed by atoms with Crippen molar-refractivity contribution >= 4 is 18.1 Å². The fraction of sp³-hybridized carbons (Fsp3) is 0. The summed E-state index contributed by atoms with van der Waals surface area (Å²) in [5.74, 6) is 0.208. The van der Waals surface area contributed by atoms with Crippen LogP contribution in [0.3, 0.4) is 0 Å². The fourth-order valence-electron chi connectivity index (χ4n) is 1.50. The number of carbonyl (C=O) groups is 1. The summed E-state index contributed by atoms with van der Waals surface area (Å²) < 4.78 is 0. The monoisotopic (exact) mass is 214 g/mol. The van der Waals surface area contributed by atoms with Crippen LogP contribution in [0.2, 0.25) is 0 Å². The number of nitrogen functional groups attached to an aromatic ring is 2. The van der Waals surface area contributed by atoms with E-state index in [0.29, 0.717) is 11.8 Å². The summed E-state index contributed by atoms with van der Waals surface area (Å²) in [6, 6.07) is 9.23. The Labute approximate surface area is 92.1 Å². The molecule has 0 atom stereocenters. The molecule has 0 fully saturated rings. The van der Waals surface area contributed by atoms with E-state index in [2.05, 4.69) is 9.97 Å². The summed E-state index contributed by atoms with van der Waals surface area (Å²) in [7, 11) is 0. The molecule has 1 aromatic heterocycles. The largest absolute Gasteiger partial charge is 0.383 e. The third-order valence-corrected chi connectivity index (χ3v) is 2.16. The number of nitrogens with two attached hydrogens (primary N) is 2. The van der Waals surface area contributed by atoms with Crippen molar-refractivity contribution in [3.63, 3.8) is 0 Å². The zero-order valence-electron chi connectivity index (χ0n) is 8.42. The van der Waals surface area contributed by atoms with Gasteiger partial charge in [-0.1, -0.05) is 30.3 Å². The molecule has 5 nitrogen and oxygen atoms in total. The number of aldehydes is 1. The first-order valence-corrected chi connectivity index (χ1v) is 4.66. The van der Waals surface area contributed by atoms with Crippen LogP contribution >= 0.6 is 0 Å². The number of anilines is 2. The standard InChI is InChI=1S/C11H10N4O/c12-10-9(7-4-2-1-3-5-7)8(6-16)14-11(13)15-10/h1-6H,(H4,12,13,14,15). The lowest BCUT2D eigenvalue weighted by atomic mass is 10.1. The number of nitrogens with zero attached hydrogens (tertiary/aromatic N) is 2. The normalized spacial score (nSPS) is 10.0. The molecule has 1 heterocycles. The van der Waals surface area contributed by atoms with Gasteiger partial charge in [0.15, 0.2) is 6.29 Å². The van der Waals surface area contributed by atoms with Crippen LogP contribution in [-0.2, 0) is 0 Å². The third-order valence-electron chi connectivity index (χ3n) is 2.16. The molecule has 0 aliphatic carbocycles. The molecule has 0 aliphatic heterocycles. The Morgan fingerprint density at radius 1 is 1.06 bits per heavy atom. The van der Waals surface area contributed by atoms with Gasteiger partial charge in [0.25, 0.3) is 0 Å². The van der Waals surface area contributed by atoms with Gasteiger partial charge in [0.1, 0.15) is 11.5 Å². The Balaban J connectivity index is 2.69. The average Bonchev–Trinajstić information content (AvgIpc) is 2.29. The van der Waals surface area contributed by atoms with Crippen LogP contribution in [0.15, 0.2) is 30.3 Å². The van der Waals surface area contributed by atoms with Crippen molar-refractivity contribution in [3.8, 4) is 11.1 Å². The second-order valence-corrected chi connectivity index (χ2v) is 3.21. The van der Waals surface area contributed by atoms with Crippen LogP contribution in [0.5, 0.6) is 0 Å². The molecule has 16 heavy (non-hydrogen) atoms. The maximum atomic E-state index is 10.9. The minimum Gasteiger partial charge on any atom is -0.383 e. The summed E-state index contributed by atoms with van der Waals surface area (Å²) in [5.41, 5.74) is 12.7. The van der Waals surface area contributed by atoms with Crippen LogP contribution in [0.1, 0.15) is 10.5 Å². The van der Waals surface area contributed by atoms with Crippen LogP contribution in [0, 0.1) is 0 Å². The molecule has 0 spiro atoms. The molecule has 2 rings (SSSR count). The highest BCUT2D eigenvalue weighted by atomic mass is 16.1. The number of rotatable bonds is 2. The van der Waals surface area contributed by atoms with Crippen molar-refractivity contribution in [1.82, 2.24) is 9.97 Å². The zero-order chi connectivity index (χ0) is 11.5. The third kappa shape index (κ3) is 1.70. The van der Waals surface area contributed by atoms with Gasteiger partial charge >= 0.3 is 0 Å². The topological polar surface area (TPSA) is 94.9 Å². The Bertz CT molecular complexity index is 525. The molecule has 1 aromatic carbocycles. The minimum atomic E-state index is -0.000666. The van der Waals surface area contributed by atoms with Gasteiger partial charge in [0, 0.05) is 0 Å². The van der Waals surface area contributed by atoms with E-state index in [4.69, 9.17) is 11.5 Å². The number of carbonyl (C=O) groups excluding carboxylic acids is 1. The lowest BCUT2D eigenvalue weighted by Gasteiger charge is -2.07. The Kier molecular flexibility index (Phi) is 2.51. The van der Waals surface area contributed by atoms with Crippen molar-refractivity contribution in [1.29, 1.82) is 0 Å². The molecule has 0 radical (unpaired) electrons. The maximum absolute atomic E-state index is 10.9. The number of hydrogen-bond acceptors (Lipinski definition) is 5. The molecule has 2 aromatic rings. The smallest absolute Gasteiger partial charge is 0.222 e. The van der Waals surface area contributed by atoms with Gasteiger partial charge in [0.2, 0.25) is 5.95 Å². The van der Waals surface area contributed by atoms with E-state index in [1.54, 1.807) is 0 Å². The molecule has 4 N–H and O–H groups in total. The molecular formula is C11H10N4O. The predicted octanol–water partition coefficient (Wildman–Crippen LogP) is 1.12. The van der Waals surface area contributed by atoms with Crippen LogP contribution < -0.4 is 11.5 Å². The first kappa shape index (κ1) is 10.1. The van der Waals surface area contributed by atoms with Crippen LogP contribution in [0.25, 0.3) is 11.1 Å². The van der Waals surface area contributed by atoms with Crippen molar-refractivity contribution < 1.29 is 4.79 Å². The highest BCUT2D eigenvalue weighted by molar-refractivity contribution is 5.90. The zero-order valence-corrected chi connectivity index (χ0v) is 8.42. The molecular weight excluding hydrogens is 204 g/mol. The van der Waals surface area contributed by atoms with Crippen LogP contribution in [0.4, 0.5) is 11.8 Å². The Morgan fingerprint density at radius 3 is 2.38 bits per heavy atom. The molecule has 0 amide bonds. The van der Waals surface area contributed by atoms with Gasteiger partial charge in [-0.25, -0.2) is 4.98 Å². The first-order chi connectivity index (χ1) is 7.72. The quantitative estimate of drug-likeness (QED) is 0.730. The highest BCUT2D eigenvalue weighted by Gasteiger charge is 2.12. The summed E-state index contributed by atoms with van der Waals surface area (Å²) >= 11 is 0. The Morgan fingerprint density at radius 2 is 1.75 bits per heavy atom. The van der Waals surface area contributed by atoms with Gasteiger partial charge in [-0.2, -0.15) is 4.98 Å². The maximum Gasteiger partial charge on any atom is 0.222 e. The summed E-state index contributed by atoms with van der Waals surface area (Å²) in [6.07, 6.45) is 0.622. The molecule has 0 aliphatic rings. The van der Waals surface area contributed by atoms with Gasteiger partial charge in [0.05, 0.1) is 5.56 Å². The molecule has 0 unspecified atom stereocenters. The lowest BCUT2D eigenvalue weighted by Crippen LogP contribution is -2.06. The predicted molar refractivity (Wildman–Crippen MR) is 61.7 cm³/mol. The van der Waals surface area contributed by atoms with Gasteiger partial charge < -0.3 is 11.5 Å². The highest BCUT2D eigenvalue weighted by Crippen LogP contribution is 2.26. The molecule has 80 valence electrons. The molecule has 5 heteroatoms.